The molecule has 0 unspecified atom stereocenters. The molecule has 0 N–H and O–H groups in total. The molecule has 2 heterocycles. The molecule has 1 aromatic rings. The standard InChI is InChI=1S/C25H35N3O2/c1-18-7-9-21(10-8-18)28(23-6-4-5-22(16-23)26-13-2-3-14-26)25(30)19-15-24(29)27(17-19)20-11-12-20/h4-6,16,18-21H,2-3,7-15,17H2,1H3/t18?,19-,21?/m1/s1. The average Bonchev–Trinajstić information content (AvgIpc) is 3.29. The van der Waals surface area contributed by atoms with Gasteiger partial charge in [-0.3, -0.25) is 9.59 Å². The predicted octanol–water partition coefficient (Wildman–Crippen LogP) is 4.21. The summed E-state index contributed by atoms with van der Waals surface area (Å²) in [5.74, 6) is 0.906. The highest BCUT2D eigenvalue weighted by Crippen LogP contribution is 2.37. The van der Waals surface area contributed by atoms with Crippen molar-refractivity contribution in [2.75, 3.05) is 29.4 Å². The van der Waals surface area contributed by atoms with Gasteiger partial charge in [0.15, 0.2) is 0 Å². The molecule has 162 valence electrons. The molecule has 2 aliphatic heterocycles. The van der Waals surface area contributed by atoms with Crippen LogP contribution in [0.2, 0.25) is 0 Å². The molecule has 2 saturated heterocycles. The number of anilines is 2. The Balaban J connectivity index is 1.41. The minimum Gasteiger partial charge on any atom is -0.371 e. The lowest BCUT2D eigenvalue weighted by Gasteiger charge is -2.38. The van der Waals surface area contributed by atoms with Gasteiger partial charge in [-0.25, -0.2) is 0 Å². The van der Waals surface area contributed by atoms with Gasteiger partial charge in [0.2, 0.25) is 11.8 Å². The molecule has 0 bridgehead atoms. The summed E-state index contributed by atoms with van der Waals surface area (Å²) in [6, 6.07) is 9.26. The van der Waals surface area contributed by atoms with Crippen LogP contribution in [0.4, 0.5) is 11.4 Å². The van der Waals surface area contributed by atoms with Crippen molar-refractivity contribution in [3.05, 3.63) is 24.3 Å². The number of amides is 2. The van der Waals surface area contributed by atoms with E-state index in [0.29, 0.717) is 19.0 Å². The third-order valence-corrected chi connectivity index (χ3v) is 7.66. The number of likely N-dealkylation sites (tertiary alicyclic amines) is 1. The number of carbonyl (C=O) groups is 2. The Hall–Kier alpha value is -2.04. The average molecular weight is 410 g/mol. The summed E-state index contributed by atoms with van der Waals surface area (Å²) in [5.41, 5.74) is 2.26. The van der Waals surface area contributed by atoms with Crippen molar-refractivity contribution in [1.29, 1.82) is 0 Å². The second kappa shape index (κ2) is 8.24. The maximum absolute atomic E-state index is 13.8. The van der Waals surface area contributed by atoms with Gasteiger partial charge in [-0.1, -0.05) is 13.0 Å². The Morgan fingerprint density at radius 2 is 1.77 bits per heavy atom. The maximum atomic E-state index is 13.8. The van der Waals surface area contributed by atoms with Crippen LogP contribution >= 0.6 is 0 Å². The Morgan fingerprint density at radius 3 is 2.47 bits per heavy atom. The predicted molar refractivity (Wildman–Crippen MR) is 120 cm³/mol. The molecule has 1 atom stereocenters. The van der Waals surface area contributed by atoms with Crippen LogP contribution in [-0.4, -0.2) is 48.4 Å². The topological polar surface area (TPSA) is 43.9 Å². The monoisotopic (exact) mass is 409 g/mol. The number of rotatable bonds is 5. The first-order valence-corrected chi connectivity index (χ1v) is 12.1. The maximum Gasteiger partial charge on any atom is 0.232 e. The zero-order valence-electron chi connectivity index (χ0n) is 18.3. The first kappa shape index (κ1) is 19.9. The van der Waals surface area contributed by atoms with E-state index in [-0.39, 0.29) is 23.8 Å². The quantitative estimate of drug-likeness (QED) is 0.732. The van der Waals surface area contributed by atoms with Gasteiger partial charge < -0.3 is 14.7 Å². The van der Waals surface area contributed by atoms with Gasteiger partial charge in [0.25, 0.3) is 0 Å². The van der Waals surface area contributed by atoms with Gasteiger partial charge in [-0.2, -0.15) is 0 Å². The highest BCUT2D eigenvalue weighted by molar-refractivity contribution is 6.00. The molecule has 30 heavy (non-hydrogen) atoms. The summed E-state index contributed by atoms with van der Waals surface area (Å²) in [6.45, 7) is 5.14. The number of carbonyl (C=O) groups excluding carboxylic acids is 2. The normalized spacial score (nSPS) is 29.5. The van der Waals surface area contributed by atoms with E-state index in [0.717, 1.165) is 50.4 Å². The Bertz CT molecular complexity index is 791. The Labute approximate surface area is 180 Å². The molecule has 5 nitrogen and oxygen atoms in total. The minimum absolute atomic E-state index is 0.171. The summed E-state index contributed by atoms with van der Waals surface area (Å²) < 4.78 is 0. The smallest absolute Gasteiger partial charge is 0.232 e. The van der Waals surface area contributed by atoms with Crippen LogP contribution in [0, 0.1) is 11.8 Å². The molecule has 5 rings (SSSR count). The lowest BCUT2D eigenvalue weighted by Crippen LogP contribution is -2.46. The SMILES string of the molecule is CC1CCC(N(C(=O)[C@@H]2CC(=O)N(C3CC3)C2)c2cccc(N3CCCC3)c2)CC1. The van der Waals surface area contributed by atoms with Crippen LogP contribution in [0.5, 0.6) is 0 Å². The lowest BCUT2D eigenvalue weighted by molar-refractivity contribution is -0.129. The van der Waals surface area contributed by atoms with E-state index in [4.69, 9.17) is 0 Å². The fraction of sp³-hybridized carbons (Fsp3) is 0.680. The van der Waals surface area contributed by atoms with Crippen molar-refractivity contribution in [1.82, 2.24) is 4.90 Å². The van der Waals surface area contributed by atoms with E-state index < -0.39 is 0 Å². The van der Waals surface area contributed by atoms with Crippen molar-refractivity contribution in [3.63, 3.8) is 0 Å². The van der Waals surface area contributed by atoms with Gasteiger partial charge in [-0.05, 0) is 75.5 Å². The fourth-order valence-electron chi connectivity index (χ4n) is 5.67. The molecular formula is C25H35N3O2. The second-order valence-electron chi connectivity index (χ2n) is 10.0. The third-order valence-electron chi connectivity index (χ3n) is 7.66. The first-order chi connectivity index (χ1) is 14.6. The van der Waals surface area contributed by atoms with Crippen LogP contribution in [0.15, 0.2) is 24.3 Å². The molecule has 0 radical (unpaired) electrons. The summed E-state index contributed by atoms with van der Waals surface area (Å²) in [7, 11) is 0. The van der Waals surface area contributed by atoms with Crippen molar-refractivity contribution in [2.45, 2.75) is 76.8 Å². The van der Waals surface area contributed by atoms with Crippen molar-refractivity contribution < 1.29 is 9.59 Å². The van der Waals surface area contributed by atoms with Crippen LogP contribution in [-0.2, 0) is 9.59 Å². The summed E-state index contributed by atoms with van der Waals surface area (Å²) in [4.78, 5) is 32.9. The number of hydrogen-bond acceptors (Lipinski definition) is 3. The van der Waals surface area contributed by atoms with Crippen molar-refractivity contribution in [3.8, 4) is 0 Å². The van der Waals surface area contributed by atoms with E-state index in [1.807, 2.05) is 4.90 Å². The summed E-state index contributed by atoms with van der Waals surface area (Å²) in [5, 5.41) is 0. The van der Waals surface area contributed by atoms with E-state index in [2.05, 4.69) is 41.0 Å². The molecule has 5 heteroatoms. The zero-order chi connectivity index (χ0) is 20.7. The molecule has 0 spiro atoms. The zero-order valence-corrected chi connectivity index (χ0v) is 18.3. The van der Waals surface area contributed by atoms with Crippen LogP contribution in [0.25, 0.3) is 0 Å². The third kappa shape index (κ3) is 3.95. The van der Waals surface area contributed by atoms with Gasteiger partial charge in [0.05, 0.1) is 5.92 Å². The molecule has 4 fully saturated rings. The van der Waals surface area contributed by atoms with Gasteiger partial charge >= 0.3 is 0 Å². The minimum atomic E-state index is -0.187. The fourth-order valence-corrected chi connectivity index (χ4v) is 5.67. The van der Waals surface area contributed by atoms with E-state index in [1.165, 1.54) is 31.4 Å². The van der Waals surface area contributed by atoms with Gasteiger partial charge in [0.1, 0.15) is 0 Å². The Kier molecular flexibility index (Phi) is 5.46. The van der Waals surface area contributed by atoms with E-state index >= 15 is 0 Å². The highest BCUT2D eigenvalue weighted by atomic mass is 16.2. The lowest BCUT2D eigenvalue weighted by atomic mass is 9.85. The van der Waals surface area contributed by atoms with Crippen LogP contribution in [0.1, 0.15) is 64.7 Å². The second-order valence-corrected chi connectivity index (χ2v) is 10.0. The molecule has 2 saturated carbocycles. The summed E-state index contributed by atoms with van der Waals surface area (Å²) >= 11 is 0. The first-order valence-electron chi connectivity index (χ1n) is 12.1. The Morgan fingerprint density at radius 1 is 1.03 bits per heavy atom. The van der Waals surface area contributed by atoms with Crippen LogP contribution in [0.3, 0.4) is 0 Å². The molecule has 2 aliphatic carbocycles. The number of benzene rings is 1. The highest BCUT2D eigenvalue weighted by Gasteiger charge is 2.44. The molecule has 1 aromatic carbocycles. The largest absolute Gasteiger partial charge is 0.371 e. The van der Waals surface area contributed by atoms with Crippen molar-refractivity contribution in [2.24, 2.45) is 11.8 Å². The van der Waals surface area contributed by atoms with Crippen molar-refractivity contribution >= 4 is 23.2 Å². The summed E-state index contributed by atoms with van der Waals surface area (Å²) in [6.07, 6.45) is 9.57. The number of hydrogen-bond donors (Lipinski definition) is 0. The van der Waals surface area contributed by atoms with Gasteiger partial charge in [-0.15, -0.1) is 0 Å². The molecule has 0 aromatic heterocycles. The molecular weight excluding hydrogens is 374 g/mol. The number of nitrogens with zero attached hydrogens (tertiary/aromatic N) is 3. The van der Waals surface area contributed by atoms with E-state index in [1.54, 1.807) is 0 Å². The van der Waals surface area contributed by atoms with Gasteiger partial charge in [0, 0.05) is 49.5 Å². The molecule has 2 amide bonds. The van der Waals surface area contributed by atoms with Crippen LogP contribution < -0.4 is 9.80 Å². The van der Waals surface area contributed by atoms with E-state index in [9.17, 15) is 9.59 Å². The molecule has 4 aliphatic rings.